The van der Waals surface area contributed by atoms with Crippen molar-refractivity contribution >= 4 is 15.9 Å². The van der Waals surface area contributed by atoms with Gasteiger partial charge in [0.15, 0.2) is 0 Å². The van der Waals surface area contributed by atoms with Crippen molar-refractivity contribution in [3.8, 4) is 0 Å². The Morgan fingerprint density at radius 3 is 2.53 bits per heavy atom. The summed E-state index contributed by atoms with van der Waals surface area (Å²) in [6.07, 6.45) is 0.494. The second kappa shape index (κ2) is 8.40. The molecule has 1 atom stereocenters. The van der Waals surface area contributed by atoms with Gasteiger partial charge in [0.1, 0.15) is 0 Å². The average Bonchev–Trinajstić information content (AvgIpc) is 2.23. The van der Waals surface area contributed by atoms with Gasteiger partial charge < -0.3 is 4.74 Å². The van der Waals surface area contributed by atoms with E-state index in [1.54, 1.807) is 6.92 Å². The van der Waals surface area contributed by atoms with Gasteiger partial charge in [-0.25, -0.2) is 18.6 Å². The van der Waals surface area contributed by atoms with Crippen LogP contribution in [0.4, 0.5) is 0 Å². The fourth-order valence-corrected chi connectivity index (χ4v) is 2.29. The van der Waals surface area contributed by atoms with Gasteiger partial charge in [0.25, 0.3) is 5.91 Å². The van der Waals surface area contributed by atoms with E-state index in [1.807, 2.05) is 0 Å². The number of sulfonamides is 1. The Balaban J connectivity index is 3.97. The highest BCUT2D eigenvalue weighted by Gasteiger charge is 2.19. The van der Waals surface area contributed by atoms with Crippen molar-refractivity contribution in [3.63, 3.8) is 0 Å². The van der Waals surface area contributed by atoms with Crippen molar-refractivity contribution in [2.45, 2.75) is 26.3 Å². The summed E-state index contributed by atoms with van der Waals surface area (Å²) in [5, 5.41) is 0. The van der Waals surface area contributed by atoms with Crippen molar-refractivity contribution < 1.29 is 22.8 Å². The van der Waals surface area contributed by atoms with Crippen molar-refractivity contribution in [2.24, 2.45) is 0 Å². The molecule has 0 aliphatic heterocycles. The molecule has 102 valence electrons. The first-order valence-electron chi connectivity index (χ1n) is 5.33. The molecule has 0 fully saturated rings. The lowest BCUT2D eigenvalue weighted by molar-refractivity contribution is -0.135. The largest absolute Gasteiger partial charge is 0.382 e. The molecule has 0 saturated carbocycles. The Labute approximate surface area is 102 Å². The summed E-state index contributed by atoms with van der Waals surface area (Å²) < 4.78 is 29.7. The van der Waals surface area contributed by atoms with E-state index in [2.05, 4.69) is 10.2 Å². The Morgan fingerprint density at radius 1 is 1.35 bits per heavy atom. The first-order chi connectivity index (χ1) is 7.93. The van der Waals surface area contributed by atoms with Crippen LogP contribution in [0.3, 0.4) is 0 Å². The Morgan fingerprint density at radius 2 is 2.00 bits per heavy atom. The zero-order chi connectivity index (χ0) is 13.3. The van der Waals surface area contributed by atoms with Gasteiger partial charge in [0, 0.05) is 7.11 Å². The van der Waals surface area contributed by atoms with E-state index in [1.165, 1.54) is 14.0 Å². The lowest BCUT2D eigenvalue weighted by Gasteiger charge is -2.13. The zero-order valence-electron chi connectivity index (χ0n) is 10.4. The molecular formula is C9H20N2O5S. The molecule has 0 rings (SSSR count). The van der Waals surface area contributed by atoms with Gasteiger partial charge in [0.05, 0.1) is 25.0 Å². The molecule has 17 heavy (non-hydrogen) atoms. The van der Waals surface area contributed by atoms with Crippen LogP contribution in [0.25, 0.3) is 0 Å². The molecule has 1 amide bonds. The highest BCUT2D eigenvalue weighted by Crippen LogP contribution is 1.92. The number of amides is 1. The summed E-state index contributed by atoms with van der Waals surface area (Å²) in [6, 6.07) is -0.867. The molecular weight excluding hydrogens is 248 g/mol. The second-order valence-electron chi connectivity index (χ2n) is 3.47. The summed E-state index contributed by atoms with van der Waals surface area (Å²) in [6.45, 7) is 3.74. The lowest BCUT2D eigenvalue weighted by Crippen LogP contribution is -2.45. The fraction of sp³-hybridized carbons (Fsp3) is 0.889. The van der Waals surface area contributed by atoms with Gasteiger partial charge in [-0.2, -0.15) is 0 Å². The SMILES string of the molecule is CCCS(=O)(=O)NC(C)C(=O)NOCCOC. The quantitative estimate of drug-likeness (QED) is 0.430. The molecule has 2 N–H and O–H groups in total. The van der Waals surface area contributed by atoms with Crippen LogP contribution in [0, 0.1) is 0 Å². The molecule has 8 heteroatoms. The van der Waals surface area contributed by atoms with E-state index >= 15 is 0 Å². The van der Waals surface area contributed by atoms with Crippen LogP contribution in [0.5, 0.6) is 0 Å². The maximum atomic E-state index is 11.4. The zero-order valence-corrected chi connectivity index (χ0v) is 11.2. The van der Waals surface area contributed by atoms with Crippen molar-refractivity contribution in [2.75, 3.05) is 26.1 Å². The van der Waals surface area contributed by atoms with Gasteiger partial charge in [-0.05, 0) is 13.3 Å². The number of nitrogens with one attached hydrogen (secondary N) is 2. The Bertz CT molecular complexity index is 317. The Hall–Kier alpha value is -0.700. The minimum Gasteiger partial charge on any atom is -0.382 e. The molecule has 0 spiro atoms. The van der Waals surface area contributed by atoms with E-state index in [0.29, 0.717) is 13.0 Å². The van der Waals surface area contributed by atoms with Crippen LogP contribution in [0.2, 0.25) is 0 Å². The highest BCUT2D eigenvalue weighted by molar-refractivity contribution is 7.89. The number of carbonyl (C=O) groups excluding carboxylic acids is 1. The van der Waals surface area contributed by atoms with Crippen molar-refractivity contribution in [3.05, 3.63) is 0 Å². The van der Waals surface area contributed by atoms with Crippen molar-refractivity contribution in [1.29, 1.82) is 0 Å². The van der Waals surface area contributed by atoms with E-state index < -0.39 is 22.0 Å². The topological polar surface area (TPSA) is 93.7 Å². The first kappa shape index (κ1) is 16.3. The monoisotopic (exact) mass is 268 g/mol. The van der Waals surface area contributed by atoms with Gasteiger partial charge >= 0.3 is 0 Å². The maximum Gasteiger partial charge on any atom is 0.261 e. The summed E-state index contributed by atoms with van der Waals surface area (Å²) in [5.74, 6) is -0.546. The Kier molecular flexibility index (Phi) is 8.05. The number of carbonyl (C=O) groups is 1. The van der Waals surface area contributed by atoms with Crippen LogP contribution in [0.15, 0.2) is 0 Å². The van der Waals surface area contributed by atoms with Crippen LogP contribution >= 0.6 is 0 Å². The predicted octanol–water partition coefficient (Wildman–Crippen LogP) is -0.601. The first-order valence-corrected chi connectivity index (χ1v) is 6.98. The molecule has 0 aromatic heterocycles. The number of methoxy groups -OCH3 is 1. The number of rotatable bonds is 9. The fourth-order valence-electron chi connectivity index (χ4n) is 0.986. The van der Waals surface area contributed by atoms with Gasteiger partial charge in [-0.15, -0.1) is 0 Å². The minimum atomic E-state index is -3.40. The number of hydrogen-bond donors (Lipinski definition) is 2. The molecule has 0 aromatic carbocycles. The standard InChI is InChI=1S/C9H20N2O5S/c1-4-7-17(13,14)11-8(2)9(12)10-16-6-5-15-3/h8,11H,4-7H2,1-3H3,(H,10,12). The highest BCUT2D eigenvalue weighted by atomic mass is 32.2. The maximum absolute atomic E-state index is 11.4. The third-order valence-electron chi connectivity index (χ3n) is 1.78. The summed E-state index contributed by atoms with van der Waals surface area (Å²) in [5.41, 5.74) is 2.14. The molecule has 0 aliphatic carbocycles. The third kappa shape index (κ3) is 8.08. The normalized spacial score (nSPS) is 13.4. The number of hydrogen-bond acceptors (Lipinski definition) is 5. The van der Waals surface area contributed by atoms with Gasteiger partial charge in [-0.1, -0.05) is 6.92 Å². The number of hydroxylamine groups is 1. The van der Waals surface area contributed by atoms with E-state index in [9.17, 15) is 13.2 Å². The smallest absolute Gasteiger partial charge is 0.261 e. The van der Waals surface area contributed by atoms with Gasteiger partial charge in [0.2, 0.25) is 10.0 Å². The van der Waals surface area contributed by atoms with E-state index in [0.717, 1.165) is 0 Å². The molecule has 1 unspecified atom stereocenters. The molecule has 0 heterocycles. The third-order valence-corrected chi connectivity index (χ3v) is 3.44. The predicted molar refractivity (Wildman–Crippen MR) is 62.6 cm³/mol. The van der Waals surface area contributed by atoms with E-state index in [-0.39, 0.29) is 12.4 Å². The average molecular weight is 268 g/mol. The van der Waals surface area contributed by atoms with E-state index in [4.69, 9.17) is 9.57 Å². The lowest BCUT2D eigenvalue weighted by atomic mass is 10.4. The summed E-state index contributed by atoms with van der Waals surface area (Å²) >= 11 is 0. The molecule has 0 saturated heterocycles. The van der Waals surface area contributed by atoms with Crippen molar-refractivity contribution in [1.82, 2.24) is 10.2 Å². The van der Waals surface area contributed by atoms with Crippen LogP contribution in [-0.4, -0.2) is 46.4 Å². The van der Waals surface area contributed by atoms with Crippen LogP contribution in [-0.2, 0) is 24.4 Å². The molecule has 0 bridgehead atoms. The minimum absolute atomic E-state index is 0.00481. The number of ether oxygens (including phenoxy) is 1. The van der Waals surface area contributed by atoms with Crippen LogP contribution in [0.1, 0.15) is 20.3 Å². The molecule has 0 aliphatic rings. The summed E-state index contributed by atoms with van der Waals surface area (Å²) in [7, 11) is -1.90. The molecule has 0 radical (unpaired) electrons. The summed E-state index contributed by atoms with van der Waals surface area (Å²) in [4.78, 5) is 16.2. The molecule has 0 aromatic rings. The van der Waals surface area contributed by atoms with Gasteiger partial charge in [-0.3, -0.25) is 9.63 Å². The molecule has 7 nitrogen and oxygen atoms in total. The van der Waals surface area contributed by atoms with Crippen LogP contribution < -0.4 is 10.2 Å². The second-order valence-corrected chi connectivity index (χ2v) is 5.34.